The standard InChI is InChI=1S/C22H39NO6/c1-2-3-4-5-6-7-8-9-12-15-29-21(26)14-11-10-13-20(25)23-17-18(24)16-19(23)22(27)28/h18-19,24H,2-17H2,1H3,(H,27,28)/t18?,19-/m0/s1. The minimum Gasteiger partial charge on any atom is -0.480 e. The van der Waals surface area contributed by atoms with Crippen molar-refractivity contribution in [2.24, 2.45) is 0 Å². The van der Waals surface area contributed by atoms with E-state index in [2.05, 4.69) is 6.92 Å². The molecule has 1 rings (SSSR count). The summed E-state index contributed by atoms with van der Waals surface area (Å²) in [5.74, 6) is -1.61. The number of carboxylic acid groups (broad SMARTS) is 1. The fourth-order valence-corrected chi connectivity index (χ4v) is 3.68. The molecule has 0 radical (unpaired) electrons. The van der Waals surface area contributed by atoms with Crippen molar-refractivity contribution in [3.63, 3.8) is 0 Å². The van der Waals surface area contributed by atoms with Crippen LogP contribution in [0.15, 0.2) is 0 Å². The second-order valence-electron chi connectivity index (χ2n) is 8.05. The first-order valence-electron chi connectivity index (χ1n) is 11.3. The van der Waals surface area contributed by atoms with Crippen molar-refractivity contribution in [1.82, 2.24) is 4.90 Å². The molecule has 1 heterocycles. The molecule has 0 aromatic rings. The van der Waals surface area contributed by atoms with Crippen LogP contribution in [0.3, 0.4) is 0 Å². The number of aliphatic carboxylic acids is 1. The molecule has 1 aliphatic rings. The molecular formula is C22H39NO6. The quantitative estimate of drug-likeness (QED) is 0.295. The molecule has 2 N–H and O–H groups in total. The number of carboxylic acids is 1. The third-order valence-corrected chi connectivity index (χ3v) is 5.42. The summed E-state index contributed by atoms with van der Waals surface area (Å²) in [6.07, 6.45) is 11.8. The average Bonchev–Trinajstić information content (AvgIpc) is 3.09. The van der Waals surface area contributed by atoms with Gasteiger partial charge in [-0.15, -0.1) is 0 Å². The van der Waals surface area contributed by atoms with Crippen LogP contribution in [0.4, 0.5) is 0 Å². The van der Waals surface area contributed by atoms with Gasteiger partial charge in [-0.25, -0.2) is 4.79 Å². The van der Waals surface area contributed by atoms with Crippen molar-refractivity contribution >= 4 is 17.8 Å². The van der Waals surface area contributed by atoms with E-state index in [-0.39, 0.29) is 37.7 Å². The van der Waals surface area contributed by atoms with E-state index in [1.54, 1.807) is 0 Å². The lowest BCUT2D eigenvalue weighted by molar-refractivity contribution is -0.148. The van der Waals surface area contributed by atoms with Gasteiger partial charge >= 0.3 is 11.9 Å². The predicted molar refractivity (Wildman–Crippen MR) is 110 cm³/mol. The Morgan fingerprint density at radius 3 is 2.10 bits per heavy atom. The van der Waals surface area contributed by atoms with E-state index in [0.29, 0.717) is 19.4 Å². The van der Waals surface area contributed by atoms with Crippen LogP contribution in [0.2, 0.25) is 0 Å². The number of aliphatic hydroxyl groups is 1. The normalized spacial score (nSPS) is 18.8. The number of amides is 1. The second kappa shape index (κ2) is 15.2. The van der Waals surface area contributed by atoms with E-state index in [1.807, 2.05) is 0 Å². The van der Waals surface area contributed by atoms with Crippen molar-refractivity contribution in [3.05, 3.63) is 0 Å². The van der Waals surface area contributed by atoms with Gasteiger partial charge < -0.3 is 19.8 Å². The van der Waals surface area contributed by atoms with Gasteiger partial charge in [0, 0.05) is 25.8 Å². The highest BCUT2D eigenvalue weighted by Gasteiger charge is 2.38. The number of carbonyl (C=O) groups excluding carboxylic acids is 2. The molecule has 1 aliphatic heterocycles. The summed E-state index contributed by atoms with van der Waals surface area (Å²) in [6, 6.07) is -0.946. The number of ether oxygens (including phenoxy) is 1. The molecule has 0 bridgehead atoms. The maximum absolute atomic E-state index is 12.2. The van der Waals surface area contributed by atoms with Gasteiger partial charge in [0.15, 0.2) is 0 Å². The molecular weight excluding hydrogens is 374 g/mol. The Kier molecular flexibility index (Phi) is 13.4. The topological polar surface area (TPSA) is 104 Å². The van der Waals surface area contributed by atoms with Gasteiger partial charge in [-0.1, -0.05) is 58.3 Å². The number of hydrogen-bond acceptors (Lipinski definition) is 5. The van der Waals surface area contributed by atoms with Gasteiger partial charge in [-0.3, -0.25) is 9.59 Å². The number of aliphatic hydroxyl groups excluding tert-OH is 1. The molecule has 7 nitrogen and oxygen atoms in total. The maximum atomic E-state index is 12.2. The summed E-state index contributed by atoms with van der Waals surface area (Å²) in [4.78, 5) is 36.3. The summed E-state index contributed by atoms with van der Waals surface area (Å²) in [5, 5.41) is 18.7. The van der Waals surface area contributed by atoms with Crippen LogP contribution in [0.5, 0.6) is 0 Å². The fourth-order valence-electron chi connectivity index (χ4n) is 3.68. The lowest BCUT2D eigenvalue weighted by Crippen LogP contribution is -2.40. The summed E-state index contributed by atoms with van der Waals surface area (Å²) in [6.45, 7) is 2.74. The number of carbonyl (C=O) groups is 3. The third-order valence-electron chi connectivity index (χ3n) is 5.42. The Morgan fingerprint density at radius 1 is 0.897 bits per heavy atom. The molecule has 29 heavy (non-hydrogen) atoms. The highest BCUT2D eigenvalue weighted by Crippen LogP contribution is 2.20. The van der Waals surface area contributed by atoms with Crippen LogP contribution in [-0.4, -0.2) is 58.3 Å². The van der Waals surface area contributed by atoms with Crippen LogP contribution in [0.1, 0.15) is 96.8 Å². The number of nitrogens with zero attached hydrogens (tertiary/aromatic N) is 1. The maximum Gasteiger partial charge on any atom is 0.326 e. The molecule has 7 heteroatoms. The second-order valence-corrected chi connectivity index (χ2v) is 8.05. The minimum atomic E-state index is -1.09. The van der Waals surface area contributed by atoms with E-state index >= 15 is 0 Å². The largest absolute Gasteiger partial charge is 0.480 e. The number of likely N-dealkylation sites (tertiary alicyclic amines) is 1. The zero-order valence-electron chi connectivity index (χ0n) is 17.9. The summed E-state index contributed by atoms with van der Waals surface area (Å²) in [7, 11) is 0. The van der Waals surface area contributed by atoms with E-state index in [0.717, 1.165) is 12.8 Å². The molecule has 0 saturated carbocycles. The van der Waals surface area contributed by atoms with E-state index in [9.17, 15) is 19.5 Å². The zero-order chi connectivity index (χ0) is 21.5. The molecule has 0 spiro atoms. The van der Waals surface area contributed by atoms with Crippen LogP contribution in [0, 0.1) is 0 Å². The Bertz CT molecular complexity index is 496. The first-order valence-corrected chi connectivity index (χ1v) is 11.3. The van der Waals surface area contributed by atoms with Gasteiger partial charge in [-0.05, 0) is 19.3 Å². The highest BCUT2D eigenvalue weighted by molar-refractivity contribution is 5.84. The molecule has 1 unspecified atom stereocenters. The van der Waals surface area contributed by atoms with Crippen LogP contribution < -0.4 is 0 Å². The molecule has 1 saturated heterocycles. The minimum absolute atomic E-state index is 0.0661. The first-order chi connectivity index (χ1) is 14.0. The van der Waals surface area contributed by atoms with Gasteiger partial charge in [-0.2, -0.15) is 0 Å². The van der Waals surface area contributed by atoms with E-state index < -0.39 is 18.1 Å². The summed E-state index contributed by atoms with van der Waals surface area (Å²) in [5.41, 5.74) is 0. The monoisotopic (exact) mass is 413 g/mol. The third kappa shape index (κ3) is 11.2. The Labute approximate surface area is 174 Å². The van der Waals surface area contributed by atoms with E-state index in [4.69, 9.17) is 9.84 Å². The van der Waals surface area contributed by atoms with Gasteiger partial charge in [0.25, 0.3) is 0 Å². The molecule has 0 aromatic carbocycles. The van der Waals surface area contributed by atoms with E-state index in [1.165, 1.54) is 49.8 Å². The van der Waals surface area contributed by atoms with Gasteiger partial charge in [0.05, 0.1) is 12.7 Å². The van der Waals surface area contributed by atoms with Crippen LogP contribution in [0.25, 0.3) is 0 Å². The SMILES string of the molecule is CCCCCCCCCCCOC(=O)CCCCC(=O)N1CC(O)C[C@H]1C(=O)O. The molecule has 2 atom stereocenters. The predicted octanol–water partition coefficient (Wildman–Crippen LogP) is 3.67. The lowest BCUT2D eigenvalue weighted by Gasteiger charge is -2.21. The fraction of sp³-hybridized carbons (Fsp3) is 0.864. The summed E-state index contributed by atoms with van der Waals surface area (Å²) >= 11 is 0. The van der Waals surface area contributed by atoms with Gasteiger partial charge in [0.1, 0.15) is 6.04 Å². The molecule has 168 valence electrons. The van der Waals surface area contributed by atoms with Crippen molar-refractivity contribution in [1.29, 1.82) is 0 Å². The Hall–Kier alpha value is -1.63. The van der Waals surface area contributed by atoms with Crippen molar-refractivity contribution in [2.75, 3.05) is 13.2 Å². The average molecular weight is 414 g/mol. The zero-order valence-corrected chi connectivity index (χ0v) is 17.9. The number of unbranched alkanes of at least 4 members (excludes halogenated alkanes) is 9. The van der Waals surface area contributed by atoms with Crippen LogP contribution in [-0.2, 0) is 19.1 Å². The summed E-state index contributed by atoms with van der Waals surface area (Å²) < 4.78 is 5.23. The highest BCUT2D eigenvalue weighted by atomic mass is 16.5. The first kappa shape index (κ1) is 25.4. The number of hydrogen-bond donors (Lipinski definition) is 2. The Balaban J connectivity index is 1.99. The molecule has 0 aromatic heterocycles. The van der Waals surface area contributed by atoms with Crippen molar-refractivity contribution in [2.45, 2.75) is 109 Å². The Morgan fingerprint density at radius 2 is 1.48 bits per heavy atom. The number of β-amino-alcohol motifs (C(OH)–C–C–N with tert-alkyl or cyclic N) is 1. The lowest BCUT2D eigenvalue weighted by atomic mass is 10.1. The number of rotatable bonds is 16. The molecule has 1 fully saturated rings. The molecule has 1 amide bonds. The van der Waals surface area contributed by atoms with Crippen molar-refractivity contribution < 1.29 is 29.3 Å². The van der Waals surface area contributed by atoms with Crippen molar-refractivity contribution in [3.8, 4) is 0 Å². The van der Waals surface area contributed by atoms with Gasteiger partial charge in [0.2, 0.25) is 5.91 Å². The smallest absolute Gasteiger partial charge is 0.326 e. The molecule has 0 aliphatic carbocycles. The number of esters is 1. The van der Waals surface area contributed by atoms with Crippen LogP contribution >= 0.6 is 0 Å².